The summed E-state index contributed by atoms with van der Waals surface area (Å²) in [5, 5.41) is 12.8. The third kappa shape index (κ3) is 2.40. The van der Waals surface area contributed by atoms with Gasteiger partial charge >= 0.3 is 5.97 Å². The fraction of sp³-hybridized carbons (Fsp3) is 0. The summed E-state index contributed by atoms with van der Waals surface area (Å²) in [7, 11) is -4.15. The number of sulfonamides is 1. The topological polar surface area (TPSA) is 97.5 Å². The Bertz CT molecular complexity index is 526. The van der Waals surface area contributed by atoms with Crippen molar-refractivity contribution in [2.24, 2.45) is 5.14 Å². The number of halogens is 2. The van der Waals surface area contributed by atoms with Crippen LogP contribution in [0.1, 0.15) is 10.4 Å². The highest BCUT2D eigenvalue weighted by Crippen LogP contribution is 2.31. The minimum absolute atomic E-state index is 0.215. The lowest BCUT2D eigenvalue weighted by atomic mass is 10.2. The van der Waals surface area contributed by atoms with Crippen molar-refractivity contribution in [1.82, 2.24) is 0 Å². The molecule has 0 heterocycles. The third-order valence-electron chi connectivity index (χ3n) is 1.56. The molecule has 0 spiro atoms. The van der Waals surface area contributed by atoms with Crippen molar-refractivity contribution >= 4 is 39.2 Å². The molecule has 0 aliphatic carbocycles. The molecule has 0 amide bonds. The van der Waals surface area contributed by atoms with Gasteiger partial charge in [-0.25, -0.2) is 18.4 Å². The predicted molar refractivity (Wildman–Crippen MR) is 54.8 cm³/mol. The molecule has 0 aromatic heterocycles. The Kier molecular flexibility index (Phi) is 3.25. The van der Waals surface area contributed by atoms with E-state index in [-0.39, 0.29) is 10.6 Å². The van der Waals surface area contributed by atoms with Crippen LogP contribution in [0.2, 0.25) is 10.0 Å². The molecule has 0 saturated carbocycles. The molecule has 0 radical (unpaired) electrons. The third-order valence-corrected chi connectivity index (χ3v) is 3.49. The Hall–Kier alpha value is -0.820. The van der Waals surface area contributed by atoms with Crippen LogP contribution < -0.4 is 5.14 Å². The van der Waals surface area contributed by atoms with Gasteiger partial charge in [0.05, 0.1) is 15.6 Å². The summed E-state index contributed by atoms with van der Waals surface area (Å²) >= 11 is 11.1. The number of hydrogen-bond acceptors (Lipinski definition) is 3. The van der Waals surface area contributed by atoms with Crippen LogP contribution >= 0.6 is 23.2 Å². The van der Waals surface area contributed by atoms with Gasteiger partial charge in [0.25, 0.3) is 0 Å². The first-order valence-corrected chi connectivity index (χ1v) is 5.79. The molecule has 0 bridgehead atoms. The van der Waals surface area contributed by atoms with E-state index in [0.717, 1.165) is 12.1 Å². The molecule has 0 atom stereocenters. The summed E-state index contributed by atoms with van der Waals surface area (Å²) in [5.41, 5.74) is -0.370. The Morgan fingerprint density at radius 3 is 2.27 bits per heavy atom. The van der Waals surface area contributed by atoms with Gasteiger partial charge in [0.15, 0.2) is 0 Å². The van der Waals surface area contributed by atoms with E-state index in [9.17, 15) is 13.2 Å². The molecule has 0 aliphatic rings. The first-order valence-electron chi connectivity index (χ1n) is 3.49. The highest BCUT2D eigenvalue weighted by atomic mass is 35.5. The van der Waals surface area contributed by atoms with Crippen LogP contribution in [-0.2, 0) is 10.0 Å². The van der Waals surface area contributed by atoms with Crippen molar-refractivity contribution in [2.45, 2.75) is 4.90 Å². The van der Waals surface area contributed by atoms with Crippen molar-refractivity contribution < 1.29 is 18.3 Å². The van der Waals surface area contributed by atoms with Crippen LogP contribution in [0, 0.1) is 0 Å². The van der Waals surface area contributed by atoms with Gasteiger partial charge in [0.2, 0.25) is 10.0 Å². The molecule has 0 unspecified atom stereocenters. The number of hydrogen-bond donors (Lipinski definition) is 2. The number of carboxylic acid groups (broad SMARTS) is 1. The quantitative estimate of drug-likeness (QED) is 0.847. The normalized spacial score (nSPS) is 11.4. The van der Waals surface area contributed by atoms with Crippen LogP contribution in [-0.4, -0.2) is 19.5 Å². The van der Waals surface area contributed by atoms with Gasteiger partial charge < -0.3 is 5.11 Å². The molecule has 15 heavy (non-hydrogen) atoms. The number of carbonyl (C=O) groups is 1. The molecular formula is C7H5Cl2NO4S. The molecule has 3 N–H and O–H groups in total. The molecule has 1 rings (SSSR count). The average Bonchev–Trinajstić information content (AvgIpc) is 2.00. The minimum atomic E-state index is -4.15. The molecular weight excluding hydrogens is 265 g/mol. The average molecular weight is 270 g/mol. The number of nitrogens with two attached hydrogens (primary N) is 1. The van der Waals surface area contributed by atoms with Crippen LogP contribution in [0.4, 0.5) is 0 Å². The summed E-state index contributed by atoms with van der Waals surface area (Å²) in [6.07, 6.45) is 0. The largest absolute Gasteiger partial charge is 0.478 e. The Balaban J connectivity index is 3.66. The number of benzene rings is 1. The van der Waals surface area contributed by atoms with E-state index in [0.29, 0.717) is 0 Å². The summed E-state index contributed by atoms with van der Waals surface area (Å²) in [4.78, 5) is 10.1. The van der Waals surface area contributed by atoms with Gasteiger partial charge in [-0.2, -0.15) is 0 Å². The second-order valence-electron chi connectivity index (χ2n) is 2.59. The molecule has 0 fully saturated rings. The van der Waals surface area contributed by atoms with Crippen LogP contribution in [0.25, 0.3) is 0 Å². The molecule has 8 heteroatoms. The molecule has 1 aromatic rings. The second-order valence-corrected chi connectivity index (χ2v) is 4.87. The van der Waals surface area contributed by atoms with E-state index in [2.05, 4.69) is 0 Å². The summed E-state index contributed by atoms with van der Waals surface area (Å²) in [6.45, 7) is 0. The standard InChI is InChI=1S/C7H5Cl2NO4S/c8-4-2-1-3(7(11)12)5(9)6(4)15(10,13)14/h1-2H,(H,11,12)(H2,10,13,14). The van der Waals surface area contributed by atoms with Gasteiger partial charge in [-0.05, 0) is 12.1 Å². The van der Waals surface area contributed by atoms with Crippen molar-refractivity contribution in [2.75, 3.05) is 0 Å². The lowest BCUT2D eigenvalue weighted by Crippen LogP contribution is -2.15. The predicted octanol–water partition coefficient (Wildman–Crippen LogP) is 1.34. The van der Waals surface area contributed by atoms with E-state index < -0.39 is 25.9 Å². The van der Waals surface area contributed by atoms with E-state index in [4.69, 9.17) is 33.4 Å². The lowest BCUT2D eigenvalue weighted by Gasteiger charge is -2.06. The fourth-order valence-electron chi connectivity index (χ4n) is 0.958. The summed E-state index contributed by atoms with van der Waals surface area (Å²) in [5.74, 6) is -1.36. The number of aromatic carboxylic acids is 1. The zero-order valence-corrected chi connectivity index (χ0v) is 9.40. The molecule has 0 aliphatic heterocycles. The Labute approximate surface area is 95.5 Å². The zero-order chi connectivity index (χ0) is 11.8. The van der Waals surface area contributed by atoms with Crippen LogP contribution in [0.5, 0.6) is 0 Å². The van der Waals surface area contributed by atoms with Crippen molar-refractivity contribution in [3.05, 3.63) is 27.7 Å². The smallest absolute Gasteiger partial charge is 0.337 e. The number of rotatable bonds is 2. The molecule has 1 aromatic carbocycles. The van der Waals surface area contributed by atoms with Crippen LogP contribution in [0.3, 0.4) is 0 Å². The zero-order valence-electron chi connectivity index (χ0n) is 7.07. The molecule has 5 nitrogen and oxygen atoms in total. The SMILES string of the molecule is NS(=O)(=O)c1c(Cl)ccc(C(=O)O)c1Cl. The van der Waals surface area contributed by atoms with Gasteiger partial charge in [-0.3, -0.25) is 0 Å². The highest BCUT2D eigenvalue weighted by Gasteiger charge is 2.22. The van der Waals surface area contributed by atoms with E-state index in [1.807, 2.05) is 0 Å². The maximum absolute atomic E-state index is 11.1. The van der Waals surface area contributed by atoms with Crippen molar-refractivity contribution in [3.63, 3.8) is 0 Å². The van der Waals surface area contributed by atoms with Gasteiger partial charge in [-0.15, -0.1) is 0 Å². The van der Waals surface area contributed by atoms with E-state index in [1.54, 1.807) is 0 Å². The highest BCUT2D eigenvalue weighted by molar-refractivity contribution is 7.89. The van der Waals surface area contributed by atoms with Gasteiger partial charge in [-0.1, -0.05) is 23.2 Å². The van der Waals surface area contributed by atoms with E-state index in [1.165, 1.54) is 0 Å². The maximum atomic E-state index is 11.1. The molecule has 82 valence electrons. The monoisotopic (exact) mass is 269 g/mol. The first-order chi connectivity index (χ1) is 6.75. The fourth-order valence-corrected chi connectivity index (χ4v) is 2.75. The van der Waals surface area contributed by atoms with Gasteiger partial charge in [0.1, 0.15) is 4.90 Å². The molecule has 0 saturated heterocycles. The summed E-state index contributed by atoms with van der Waals surface area (Å²) < 4.78 is 22.1. The first kappa shape index (κ1) is 12.3. The number of carboxylic acids is 1. The minimum Gasteiger partial charge on any atom is -0.478 e. The number of primary sulfonamides is 1. The van der Waals surface area contributed by atoms with Crippen molar-refractivity contribution in [3.8, 4) is 0 Å². The lowest BCUT2D eigenvalue weighted by molar-refractivity contribution is 0.0697. The van der Waals surface area contributed by atoms with E-state index >= 15 is 0 Å². The van der Waals surface area contributed by atoms with Crippen molar-refractivity contribution in [1.29, 1.82) is 0 Å². The second kappa shape index (κ2) is 3.97. The maximum Gasteiger partial charge on any atom is 0.337 e. The van der Waals surface area contributed by atoms with Gasteiger partial charge in [0, 0.05) is 0 Å². The Morgan fingerprint density at radius 1 is 1.33 bits per heavy atom. The summed E-state index contributed by atoms with van der Waals surface area (Å²) in [6, 6.07) is 2.21. The van der Waals surface area contributed by atoms with Crippen LogP contribution in [0.15, 0.2) is 17.0 Å². The Morgan fingerprint density at radius 2 is 1.87 bits per heavy atom.